The van der Waals surface area contributed by atoms with Crippen molar-refractivity contribution in [3.8, 4) is 0 Å². The number of likely N-dealkylation sites (tertiary alicyclic amines) is 1. The second-order valence-electron chi connectivity index (χ2n) is 7.63. The van der Waals surface area contributed by atoms with Crippen molar-refractivity contribution in [1.82, 2.24) is 20.5 Å². The van der Waals surface area contributed by atoms with Gasteiger partial charge in [-0.15, -0.1) is 0 Å². The van der Waals surface area contributed by atoms with Crippen LogP contribution in [0.25, 0.3) is 0 Å². The van der Waals surface area contributed by atoms with E-state index in [-0.39, 0.29) is 0 Å². The molecule has 5 heteroatoms. The molecule has 0 aliphatic carbocycles. The third-order valence-electron chi connectivity index (χ3n) is 5.43. The number of rotatable bonds is 6. The average molecular weight is 380 g/mol. The maximum atomic E-state index is 4.77. The van der Waals surface area contributed by atoms with E-state index in [4.69, 9.17) is 4.99 Å². The Hall–Kier alpha value is -2.40. The summed E-state index contributed by atoms with van der Waals surface area (Å²) in [6.07, 6.45) is 4.09. The maximum Gasteiger partial charge on any atom is 0.191 e. The van der Waals surface area contributed by atoms with E-state index in [0.29, 0.717) is 18.6 Å². The lowest BCUT2D eigenvalue weighted by molar-refractivity contribution is 0.134. The number of pyridine rings is 1. The molecule has 2 aromatic rings. The Morgan fingerprint density at radius 1 is 1.21 bits per heavy atom. The number of piperidine rings is 1. The fourth-order valence-electron chi connectivity index (χ4n) is 3.76. The van der Waals surface area contributed by atoms with Gasteiger partial charge >= 0.3 is 0 Å². The van der Waals surface area contributed by atoms with Gasteiger partial charge in [-0.05, 0) is 50.8 Å². The number of guanidine groups is 1. The fraction of sp³-hybridized carbons (Fsp3) is 0.478. The van der Waals surface area contributed by atoms with Gasteiger partial charge in [0.25, 0.3) is 0 Å². The highest BCUT2D eigenvalue weighted by Crippen LogP contribution is 2.20. The van der Waals surface area contributed by atoms with Crippen LogP contribution in [-0.4, -0.2) is 41.0 Å². The van der Waals surface area contributed by atoms with Gasteiger partial charge in [-0.25, -0.2) is 4.99 Å². The van der Waals surface area contributed by atoms with Gasteiger partial charge < -0.3 is 10.6 Å². The minimum absolute atomic E-state index is 0.449. The van der Waals surface area contributed by atoms with Gasteiger partial charge in [0.15, 0.2) is 5.96 Å². The first-order valence-corrected chi connectivity index (χ1v) is 10.4. The third kappa shape index (κ3) is 5.80. The topological polar surface area (TPSA) is 52.6 Å². The Morgan fingerprint density at radius 3 is 2.75 bits per heavy atom. The van der Waals surface area contributed by atoms with E-state index in [1.807, 2.05) is 12.3 Å². The van der Waals surface area contributed by atoms with Crippen LogP contribution in [0.2, 0.25) is 0 Å². The van der Waals surface area contributed by atoms with Crippen LogP contribution in [0.15, 0.2) is 53.7 Å². The molecule has 1 aromatic heterocycles. The van der Waals surface area contributed by atoms with E-state index in [0.717, 1.165) is 44.1 Å². The van der Waals surface area contributed by atoms with Crippen LogP contribution in [-0.2, 0) is 13.1 Å². The van der Waals surface area contributed by atoms with Crippen molar-refractivity contribution >= 4 is 5.96 Å². The standard InChI is InChI=1S/C23H33N5/c1-4-24-23(26-16-22-18(2)9-8-13-25-22)27-21-12-14-28(19(3)15-21)17-20-10-6-5-7-11-20/h5-11,13,19,21H,4,12,14-17H2,1-3H3,(H2,24,26,27). The number of nitrogens with zero attached hydrogens (tertiary/aromatic N) is 3. The molecule has 1 aliphatic heterocycles. The number of hydrogen-bond acceptors (Lipinski definition) is 3. The van der Waals surface area contributed by atoms with Crippen molar-refractivity contribution in [3.63, 3.8) is 0 Å². The molecule has 1 aliphatic rings. The van der Waals surface area contributed by atoms with Crippen LogP contribution < -0.4 is 10.6 Å². The van der Waals surface area contributed by atoms with Gasteiger partial charge in [0.2, 0.25) is 0 Å². The van der Waals surface area contributed by atoms with Gasteiger partial charge in [-0.2, -0.15) is 0 Å². The molecule has 1 aromatic carbocycles. The van der Waals surface area contributed by atoms with Crippen molar-refractivity contribution in [2.24, 2.45) is 4.99 Å². The first-order chi connectivity index (χ1) is 13.7. The molecule has 150 valence electrons. The SMILES string of the molecule is CCNC(=NCc1ncccc1C)NC1CCN(Cc2ccccc2)C(C)C1. The highest BCUT2D eigenvalue weighted by Gasteiger charge is 2.25. The summed E-state index contributed by atoms with van der Waals surface area (Å²) in [4.78, 5) is 11.8. The van der Waals surface area contributed by atoms with Crippen molar-refractivity contribution in [3.05, 3.63) is 65.5 Å². The van der Waals surface area contributed by atoms with Crippen LogP contribution in [0.1, 0.15) is 43.5 Å². The largest absolute Gasteiger partial charge is 0.357 e. The molecular weight excluding hydrogens is 346 g/mol. The molecule has 2 unspecified atom stereocenters. The number of aliphatic imine (C=N–C) groups is 1. The summed E-state index contributed by atoms with van der Waals surface area (Å²) in [6.45, 7) is 10.1. The minimum atomic E-state index is 0.449. The molecule has 0 saturated carbocycles. The molecule has 0 bridgehead atoms. The molecular formula is C23H33N5. The molecule has 2 heterocycles. The summed E-state index contributed by atoms with van der Waals surface area (Å²) in [5.74, 6) is 0.890. The van der Waals surface area contributed by atoms with Crippen molar-refractivity contribution in [2.75, 3.05) is 13.1 Å². The molecule has 0 radical (unpaired) electrons. The molecule has 0 spiro atoms. The zero-order valence-electron chi connectivity index (χ0n) is 17.4. The predicted molar refractivity (Wildman–Crippen MR) is 116 cm³/mol. The minimum Gasteiger partial charge on any atom is -0.357 e. The number of aromatic nitrogens is 1. The van der Waals surface area contributed by atoms with Crippen molar-refractivity contribution < 1.29 is 0 Å². The highest BCUT2D eigenvalue weighted by atomic mass is 15.2. The van der Waals surface area contributed by atoms with Crippen LogP contribution >= 0.6 is 0 Å². The van der Waals surface area contributed by atoms with Crippen LogP contribution in [0.3, 0.4) is 0 Å². The highest BCUT2D eigenvalue weighted by molar-refractivity contribution is 5.80. The van der Waals surface area contributed by atoms with Gasteiger partial charge in [-0.3, -0.25) is 9.88 Å². The van der Waals surface area contributed by atoms with Crippen molar-refractivity contribution in [1.29, 1.82) is 0 Å². The molecule has 2 atom stereocenters. The Morgan fingerprint density at radius 2 is 2.04 bits per heavy atom. The summed E-state index contributed by atoms with van der Waals surface area (Å²) < 4.78 is 0. The molecule has 3 rings (SSSR count). The van der Waals surface area contributed by atoms with E-state index in [9.17, 15) is 0 Å². The lowest BCUT2D eigenvalue weighted by Gasteiger charge is -2.38. The molecule has 0 amide bonds. The smallest absolute Gasteiger partial charge is 0.191 e. The summed E-state index contributed by atoms with van der Waals surface area (Å²) >= 11 is 0. The lowest BCUT2D eigenvalue weighted by Crippen LogP contribution is -2.51. The van der Waals surface area contributed by atoms with Crippen LogP contribution in [0, 0.1) is 6.92 Å². The predicted octanol–water partition coefficient (Wildman–Crippen LogP) is 3.50. The van der Waals surface area contributed by atoms with E-state index in [1.54, 1.807) is 0 Å². The molecule has 5 nitrogen and oxygen atoms in total. The Labute approximate surface area is 169 Å². The van der Waals surface area contributed by atoms with Crippen LogP contribution in [0.5, 0.6) is 0 Å². The number of hydrogen-bond donors (Lipinski definition) is 2. The second-order valence-corrected chi connectivity index (χ2v) is 7.63. The molecule has 2 N–H and O–H groups in total. The van der Waals surface area contributed by atoms with Gasteiger partial charge in [-0.1, -0.05) is 36.4 Å². The lowest BCUT2D eigenvalue weighted by atomic mass is 9.97. The average Bonchev–Trinajstić information content (AvgIpc) is 2.70. The Balaban J connectivity index is 1.55. The third-order valence-corrected chi connectivity index (χ3v) is 5.43. The Bertz CT molecular complexity index is 759. The van der Waals surface area contributed by atoms with E-state index in [1.165, 1.54) is 11.1 Å². The molecule has 1 saturated heterocycles. The fourth-order valence-corrected chi connectivity index (χ4v) is 3.76. The quantitative estimate of drug-likeness (QED) is 0.596. The normalized spacial score (nSPS) is 20.8. The Kier molecular flexibility index (Phi) is 7.43. The zero-order valence-corrected chi connectivity index (χ0v) is 17.4. The number of benzene rings is 1. The maximum absolute atomic E-state index is 4.77. The summed E-state index contributed by atoms with van der Waals surface area (Å²) in [5, 5.41) is 7.03. The monoisotopic (exact) mass is 379 g/mol. The van der Waals surface area contributed by atoms with Gasteiger partial charge in [0, 0.05) is 37.9 Å². The van der Waals surface area contributed by atoms with E-state index >= 15 is 0 Å². The molecule has 1 fully saturated rings. The summed E-state index contributed by atoms with van der Waals surface area (Å²) in [6, 6.07) is 15.8. The van der Waals surface area contributed by atoms with Crippen molar-refractivity contribution in [2.45, 2.75) is 58.8 Å². The van der Waals surface area contributed by atoms with Gasteiger partial charge in [0.1, 0.15) is 0 Å². The number of nitrogens with one attached hydrogen (secondary N) is 2. The second kappa shape index (κ2) is 10.2. The summed E-state index contributed by atoms with van der Waals surface area (Å²) in [7, 11) is 0. The van der Waals surface area contributed by atoms with Crippen LogP contribution in [0.4, 0.5) is 0 Å². The first kappa shape index (κ1) is 20.3. The summed E-state index contributed by atoms with van der Waals surface area (Å²) in [5.41, 5.74) is 3.61. The molecule has 28 heavy (non-hydrogen) atoms. The van der Waals surface area contributed by atoms with E-state index < -0.39 is 0 Å². The van der Waals surface area contributed by atoms with Gasteiger partial charge in [0.05, 0.1) is 12.2 Å². The first-order valence-electron chi connectivity index (χ1n) is 10.4. The van der Waals surface area contributed by atoms with E-state index in [2.05, 4.69) is 77.7 Å². The number of aryl methyl sites for hydroxylation is 1. The zero-order chi connectivity index (χ0) is 19.8.